The molecule has 1 fully saturated rings. The summed E-state index contributed by atoms with van der Waals surface area (Å²) in [6, 6.07) is 1.64. The van der Waals surface area contributed by atoms with E-state index in [9.17, 15) is 9.50 Å². The van der Waals surface area contributed by atoms with Crippen LogP contribution >= 0.6 is 15.9 Å². The highest BCUT2D eigenvalue weighted by molar-refractivity contribution is 9.10. The normalized spacial score (nSPS) is 20.5. The summed E-state index contributed by atoms with van der Waals surface area (Å²) >= 11 is 3.24. The van der Waals surface area contributed by atoms with Crippen molar-refractivity contribution >= 4 is 15.9 Å². The molecule has 0 unspecified atom stereocenters. The van der Waals surface area contributed by atoms with Crippen molar-refractivity contribution in [1.29, 1.82) is 0 Å². The van der Waals surface area contributed by atoms with Crippen molar-refractivity contribution in [2.75, 3.05) is 6.79 Å². The van der Waals surface area contributed by atoms with Gasteiger partial charge in [0.1, 0.15) is 0 Å². The van der Waals surface area contributed by atoms with E-state index in [0.717, 1.165) is 0 Å². The van der Waals surface area contributed by atoms with Crippen LogP contribution in [0.1, 0.15) is 18.4 Å². The molecule has 1 aromatic rings. The van der Waals surface area contributed by atoms with Crippen LogP contribution in [0.4, 0.5) is 4.39 Å². The zero-order valence-corrected chi connectivity index (χ0v) is 9.30. The molecule has 0 atom stereocenters. The van der Waals surface area contributed by atoms with Gasteiger partial charge in [-0.05, 0) is 18.9 Å². The van der Waals surface area contributed by atoms with Crippen LogP contribution in [0.25, 0.3) is 0 Å². The fourth-order valence-electron chi connectivity index (χ4n) is 1.77. The predicted molar refractivity (Wildman–Crippen MR) is 53.4 cm³/mol. The van der Waals surface area contributed by atoms with Crippen LogP contribution in [-0.2, 0) is 5.60 Å². The highest BCUT2D eigenvalue weighted by atomic mass is 79.9. The molecule has 0 amide bonds. The van der Waals surface area contributed by atoms with Crippen molar-refractivity contribution in [3.8, 4) is 11.5 Å². The molecule has 15 heavy (non-hydrogen) atoms. The second-order valence-electron chi connectivity index (χ2n) is 3.81. The van der Waals surface area contributed by atoms with Crippen molar-refractivity contribution < 1.29 is 19.0 Å². The quantitative estimate of drug-likeness (QED) is 0.854. The van der Waals surface area contributed by atoms with E-state index in [0.29, 0.717) is 23.1 Å². The van der Waals surface area contributed by atoms with E-state index >= 15 is 0 Å². The largest absolute Gasteiger partial charge is 0.453 e. The van der Waals surface area contributed by atoms with Crippen molar-refractivity contribution in [2.24, 2.45) is 0 Å². The minimum Gasteiger partial charge on any atom is -0.453 e. The maximum Gasteiger partial charge on any atom is 0.231 e. The van der Waals surface area contributed by atoms with E-state index in [1.807, 2.05) is 0 Å². The number of hydrogen-bond donors (Lipinski definition) is 1. The number of fused-ring (bicyclic) bond motifs is 1. The van der Waals surface area contributed by atoms with Gasteiger partial charge in [0.15, 0.2) is 11.6 Å². The zero-order chi connectivity index (χ0) is 10.6. The molecule has 1 aromatic carbocycles. The Hall–Kier alpha value is -0.810. The summed E-state index contributed by atoms with van der Waals surface area (Å²) < 4.78 is 24.6. The van der Waals surface area contributed by atoms with Gasteiger partial charge in [0, 0.05) is 10.0 Å². The molecule has 2 aliphatic rings. The van der Waals surface area contributed by atoms with E-state index in [1.165, 1.54) is 0 Å². The van der Waals surface area contributed by atoms with Crippen molar-refractivity contribution in [3.63, 3.8) is 0 Å². The second-order valence-corrected chi connectivity index (χ2v) is 4.67. The summed E-state index contributed by atoms with van der Waals surface area (Å²) in [6.45, 7) is 0.0283. The zero-order valence-electron chi connectivity index (χ0n) is 7.72. The highest BCUT2D eigenvalue weighted by Crippen LogP contribution is 2.52. The van der Waals surface area contributed by atoms with Crippen molar-refractivity contribution in [3.05, 3.63) is 21.9 Å². The predicted octanol–water partition coefficient (Wildman–Crippen LogP) is 2.30. The first kappa shape index (κ1) is 9.42. The Balaban J connectivity index is 2.22. The summed E-state index contributed by atoms with van der Waals surface area (Å²) in [6.07, 6.45) is 1.17. The summed E-state index contributed by atoms with van der Waals surface area (Å²) in [5.74, 6) is -0.0298. The molecule has 0 radical (unpaired) electrons. The molecule has 1 heterocycles. The van der Waals surface area contributed by atoms with E-state index < -0.39 is 11.4 Å². The van der Waals surface area contributed by atoms with E-state index in [4.69, 9.17) is 9.47 Å². The Labute approximate surface area is 93.9 Å². The third kappa shape index (κ3) is 1.26. The number of benzene rings is 1. The fourth-order valence-corrected chi connectivity index (χ4v) is 2.52. The first-order valence-corrected chi connectivity index (χ1v) is 5.41. The Morgan fingerprint density at radius 1 is 1.40 bits per heavy atom. The molecule has 3 rings (SSSR count). The summed E-state index contributed by atoms with van der Waals surface area (Å²) in [4.78, 5) is 0. The van der Waals surface area contributed by atoms with Crippen LogP contribution in [0.5, 0.6) is 11.5 Å². The SMILES string of the molecule is OC1(c2c(Br)cc3c(c2F)OCO3)CC1. The fraction of sp³-hybridized carbons (Fsp3) is 0.400. The molecule has 1 aliphatic carbocycles. The van der Waals surface area contributed by atoms with E-state index in [2.05, 4.69) is 15.9 Å². The third-order valence-corrected chi connectivity index (χ3v) is 3.37. The molecule has 0 saturated heterocycles. The number of rotatable bonds is 1. The Morgan fingerprint density at radius 3 is 2.80 bits per heavy atom. The molecular weight excluding hydrogens is 267 g/mol. The van der Waals surface area contributed by atoms with Gasteiger partial charge in [-0.25, -0.2) is 4.39 Å². The first-order valence-electron chi connectivity index (χ1n) is 4.62. The molecule has 1 saturated carbocycles. The third-order valence-electron chi connectivity index (χ3n) is 2.75. The summed E-state index contributed by atoms with van der Waals surface area (Å²) in [5.41, 5.74) is -0.740. The Bertz CT molecular complexity index is 443. The number of halogens is 2. The van der Waals surface area contributed by atoms with Gasteiger partial charge in [-0.15, -0.1) is 0 Å². The number of ether oxygens (including phenoxy) is 2. The standard InChI is InChI=1S/C10H8BrFO3/c11-5-3-6-9(15-4-14-6)8(12)7(5)10(13)1-2-10/h3,13H,1-2,4H2. The summed E-state index contributed by atoms with van der Waals surface area (Å²) in [5, 5.41) is 9.93. The Morgan fingerprint density at radius 2 is 2.13 bits per heavy atom. The Kier molecular flexibility index (Phi) is 1.79. The van der Waals surface area contributed by atoms with Crippen LogP contribution in [0, 0.1) is 5.82 Å². The lowest BCUT2D eigenvalue weighted by Gasteiger charge is -2.13. The molecular formula is C10H8BrFO3. The van der Waals surface area contributed by atoms with Crippen LogP contribution in [-0.4, -0.2) is 11.9 Å². The maximum atomic E-state index is 14.0. The van der Waals surface area contributed by atoms with Gasteiger partial charge in [0.05, 0.1) is 5.60 Å². The summed E-state index contributed by atoms with van der Waals surface area (Å²) in [7, 11) is 0. The molecule has 1 N–H and O–H groups in total. The first-order chi connectivity index (χ1) is 7.12. The van der Waals surface area contributed by atoms with Crippen molar-refractivity contribution in [1.82, 2.24) is 0 Å². The van der Waals surface area contributed by atoms with Crippen LogP contribution in [0.15, 0.2) is 10.5 Å². The lowest BCUT2D eigenvalue weighted by atomic mass is 10.1. The lowest BCUT2D eigenvalue weighted by Crippen LogP contribution is -2.09. The molecule has 0 aromatic heterocycles. The van der Waals surface area contributed by atoms with Gasteiger partial charge in [0.2, 0.25) is 12.5 Å². The van der Waals surface area contributed by atoms with Gasteiger partial charge >= 0.3 is 0 Å². The average molecular weight is 275 g/mol. The number of aliphatic hydroxyl groups is 1. The van der Waals surface area contributed by atoms with E-state index in [1.54, 1.807) is 6.07 Å². The minimum absolute atomic E-state index is 0.0283. The monoisotopic (exact) mass is 274 g/mol. The van der Waals surface area contributed by atoms with Gasteiger partial charge in [0.25, 0.3) is 0 Å². The molecule has 5 heteroatoms. The van der Waals surface area contributed by atoms with Gasteiger partial charge in [-0.2, -0.15) is 0 Å². The van der Waals surface area contributed by atoms with Gasteiger partial charge in [-0.3, -0.25) is 0 Å². The smallest absolute Gasteiger partial charge is 0.231 e. The molecule has 0 spiro atoms. The molecule has 0 bridgehead atoms. The molecule has 1 aliphatic heterocycles. The maximum absolute atomic E-state index is 14.0. The highest BCUT2D eigenvalue weighted by Gasteiger charge is 2.47. The van der Waals surface area contributed by atoms with Crippen molar-refractivity contribution in [2.45, 2.75) is 18.4 Å². The number of hydrogen-bond acceptors (Lipinski definition) is 3. The topological polar surface area (TPSA) is 38.7 Å². The molecule has 3 nitrogen and oxygen atoms in total. The van der Waals surface area contributed by atoms with Gasteiger partial charge in [-0.1, -0.05) is 15.9 Å². The van der Waals surface area contributed by atoms with E-state index in [-0.39, 0.29) is 18.1 Å². The van der Waals surface area contributed by atoms with Crippen LogP contribution in [0.2, 0.25) is 0 Å². The minimum atomic E-state index is -1.02. The second kappa shape index (κ2) is 2.86. The average Bonchev–Trinajstić information content (AvgIpc) is 2.75. The lowest BCUT2D eigenvalue weighted by molar-refractivity contribution is 0.143. The van der Waals surface area contributed by atoms with Crippen LogP contribution in [0.3, 0.4) is 0 Å². The van der Waals surface area contributed by atoms with Gasteiger partial charge < -0.3 is 14.6 Å². The molecule has 80 valence electrons. The van der Waals surface area contributed by atoms with Crippen LogP contribution < -0.4 is 9.47 Å².